The molecule has 0 bridgehead atoms. The van der Waals surface area contributed by atoms with Crippen molar-refractivity contribution in [2.75, 3.05) is 0 Å². The normalized spacial score (nSPS) is 17.2. The van der Waals surface area contributed by atoms with Crippen LogP contribution in [0.15, 0.2) is 6.07 Å². The molecule has 0 fully saturated rings. The van der Waals surface area contributed by atoms with Gasteiger partial charge in [-0.05, 0) is 67.8 Å². The van der Waals surface area contributed by atoms with Crippen LogP contribution in [0.2, 0.25) is 0 Å². The average molecular weight is 346 g/mol. The Balaban J connectivity index is 2.59. The first-order chi connectivity index (χ1) is 7.82. The maximum atomic E-state index is 11.4. The van der Waals surface area contributed by atoms with Crippen molar-refractivity contribution in [2.45, 2.75) is 39.2 Å². The number of phenolic OH excluding ortho intramolecular Hbond substituents is 1. The Kier molecular flexibility index (Phi) is 3.10. The first kappa shape index (κ1) is 12.7. The Morgan fingerprint density at radius 3 is 2.76 bits per heavy atom. The number of carbonyl (C=O) groups excluding carboxylic acids is 1. The molecule has 1 N–H and O–H groups in total. The molecule has 0 amide bonds. The number of hydrogen-bond donors (Lipinski definition) is 1. The van der Waals surface area contributed by atoms with Crippen molar-refractivity contribution in [3.63, 3.8) is 0 Å². The molecule has 0 aromatic heterocycles. The SMILES string of the molecule is CC(=O)c1cc2c(c(I)c1O)OC(C)(C)CC2. The third kappa shape index (κ3) is 2.27. The van der Waals surface area contributed by atoms with Crippen molar-refractivity contribution >= 4 is 28.4 Å². The second-order valence-electron chi connectivity index (χ2n) is 4.99. The average Bonchev–Trinajstić information content (AvgIpc) is 2.23. The van der Waals surface area contributed by atoms with Gasteiger partial charge in [-0.25, -0.2) is 0 Å². The van der Waals surface area contributed by atoms with Crippen LogP contribution in [0.1, 0.15) is 43.1 Å². The van der Waals surface area contributed by atoms with Gasteiger partial charge in [-0.2, -0.15) is 0 Å². The van der Waals surface area contributed by atoms with Gasteiger partial charge < -0.3 is 9.84 Å². The summed E-state index contributed by atoms with van der Waals surface area (Å²) in [6.45, 7) is 5.52. The predicted molar refractivity (Wildman–Crippen MR) is 73.9 cm³/mol. The van der Waals surface area contributed by atoms with Crippen LogP contribution in [0.4, 0.5) is 0 Å². The molecule has 17 heavy (non-hydrogen) atoms. The van der Waals surface area contributed by atoms with Crippen molar-refractivity contribution in [1.29, 1.82) is 0 Å². The van der Waals surface area contributed by atoms with Gasteiger partial charge in [0, 0.05) is 0 Å². The first-order valence-corrected chi connectivity index (χ1v) is 6.64. The number of phenols is 1. The Bertz CT molecular complexity index is 492. The predicted octanol–water partition coefficient (Wildman–Crippen LogP) is 3.30. The van der Waals surface area contributed by atoms with Crippen LogP contribution >= 0.6 is 22.6 Å². The van der Waals surface area contributed by atoms with Crippen LogP contribution in [-0.4, -0.2) is 16.5 Å². The quantitative estimate of drug-likeness (QED) is 0.627. The van der Waals surface area contributed by atoms with E-state index in [9.17, 15) is 9.90 Å². The Morgan fingerprint density at radius 2 is 2.18 bits per heavy atom. The fourth-order valence-corrected chi connectivity index (χ4v) is 2.75. The minimum Gasteiger partial charge on any atom is -0.506 e. The van der Waals surface area contributed by atoms with E-state index < -0.39 is 0 Å². The highest BCUT2D eigenvalue weighted by Crippen LogP contribution is 2.42. The lowest BCUT2D eigenvalue weighted by molar-refractivity contribution is 0.0829. The molecule has 1 aliphatic rings. The van der Waals surface area contributed by atoms with Gasteiger partial charge in [-0.1, -0.05) is 0 Å². The molecule has 0 unspecified atom stereocenters. The van der Waals surface area contributed by atoms with Gasteiger partial charge in [0.25, 0.3) is 0 Å². The third-order valence-corrected chi connectivity index (χ3v) is 4.03. The molecule has 2 rings (SSSR count). The van der Waals surface area contributed by atoms with Crippen molar-refractivity contribution in [3.05, 3.63) is 20.8 Å². The zero-order valence-electron chi connectivity index (χ0n) is 10.1. The van der Waals surface area contributed by atoms with E-state index in [4.69, 9.17) is 4.74 Å². The number of benzene rings is 1. The Hall–Kier alpha value is -0.780. The van der Waals surface area contributed by atoms with E-state index in [-0.39, 0.29) is 17.1 Å². The zero-order chi connectivity index (χ0) is 12.8. The molecule has 1 aliphatic heterocycles. The number of Topliss-reactive ketones (excluding diaryl/α,β-unsaturated/α-hetero) is 1. The lowest BCUT2D eigenvalue weighted by Crippen LogP contribution is -2.33. The zero-order valence-corrected chi connectivity index (χ0v) is 12.3. The summed E-state index contributed by atoms with van der Waals surface area (Å²) >= 11 is 2.04. The van der Waals surface area contributed by atoms with E-state index in [1.807, 2.05) is 36.4 Å². The van der Waals surface area contributed by atoms with Crippen LogP contribution in [0.3, 0.4) is 0 Å². The summed E-state index contributed by atoms with van der Waals surface area (Å²) in [5, 5.41) is 9.99. The van der Waals surface area contributed by atoms with Gasteiger partial charge in [-0.3, -0.25) is 4.79 Å². The lowest BCUT2D eigenvalue weighted by atomic mass is 9.92. The standard InChI is InChI=1S/C13H15IO3/c1-7(15)9-6-8-4-5-13(2,3)17-12(8)10(14)11(9)16/h6,16H,4-5H2,1-3H3. The molecule has 0 spiro atoms. The number of hydrogen-bond acceptors (Lipinski definition) is 3. The summed E-state index contributed by atoms with van der Waals surface area (Å²) in [6, 6.07) is 1.75. The number of ketones is 1. The highest BCUT2D eigenvalue weighted by atomic mass is 127. The highest BCUT2D eigenvalue weighted by Gasteiger charge is 2.30. The van der Waals surface area contributed by atoms with E-state index in [0.717, 1.165) is 24.2 Å². The van der Waals surface area contributed by atoms with E-state index in [2.05, 4.69) is 0 Å². The molecule has 4 heteroatoms. The van der Waals surface area contributed by atoms with Gasteiger partial charge in [0.2, 0.25) is 0 Å². The van der Waals surface area contributed by atoms with Crippen LogP contribution in [0.25, 0.3) is 0 Å². The smallest absolute Gasteiger partial charge is 0.163 e. The van der Waals surface area contributed by atoms with Crippen LogP contribution < -0.4 is 4.74 Å². The second-order valence-corrected chi connectivity index (χ2v) is 6.07. The summed E-state index contributed by atoms with van der Waals surface area (Å²) < 4.78 is 6.52. The van der Waals surface area contributed by atoms with Gasteiger partial charge in [-0.15, -0.1) is 0 Å². The number of carbonyl (C=O) groups is 1. The topological polar surface area (TPSA) is 46.5 Å². The van der Waals surface area contributed by atoms with Crippen LogP contribution in [0, 0.1) is 3.57 Å². The fraction of sp³-hybridized carbons (Fsp3) is 0.462. The molecule has 0 radical (unpaired) electrons. The largest absolute Gasteiger partial charge is 0.506 e. The van der Waals surface area contributed by atoms with Crippen LogP contribution in [-0.2, 0) is 6.42 Å². The van der Waals surface area contributed by atoms with Crippen molar-refractivity contribution in [1.82, 2.24) is 0 Å². The lowest BCUT2D eigenvalue weighted by Gasteiger charge is -2.33. The maximum Gasteiger partial charge on any atom is 0.163 e. The number of rotatable bonds is 1. The number of aryl methyl sites for hydroxylation is 1. The molecular formula is C13H15IO3. The minimum absolute atomic E-state index is 0.0366. The number of halogens is 1. The molecule has 0 atom stereocenters. The molecule has 1 heterocycles. The maximum absolute atomic E-state index is 11.4. The third-order valence-electron chi connectivity index (χ3n) is 3.03. The fourth-order valence-electron chi connectivity index (χ4n) is 2.00. The molecule has 0 saturated carbocycles. The van der Waals surface area contributed by atoms with Crippen molar-refractivity contribution < 1.29 is 14.6 Å². The minimum atomic E-state index is -0.211. The Morgan fingerprint density at radius 1 is 1.53 bits per heavy atom. The van der Waals surface area contributed by atoms with Gasteiger partial charge in [0.15, 0.2) is 5.78 Å². The second kappa shape index (κ2) is 4.15. The first-order valence-electron chi connectivity index (χ1n) is 5.56. The summed E-state index contributed by atoms with van der Waals surface area (Å²) in [5.41, 5.74) is 1.19. The molecule has 1 aromatic carbocycles. The van der Waals surface area contributed by atoms with Gasteiger partial charge in [0.1, 0.15) is 17.1 Å². The van der Waals surface area contributed by atoms with Crippen LogP contribution in [0.5, 0.6) is 11.5 Å². The summed E-state index contributed by atoms with van der Waals surface area (Å²) in [5.74, 6) is 0.645. The molecule has 0 aliphatic carbocycles. The monoisotopic (exact) mass is 346 g/mol. The number of fused-ring (bicyclic) bond motifs is 1. The van der Waals surface area contributed by atoms with E-state index in [0.29, 0.717) is 9.13 Å². The van der Waals surface area contributed by atoms with E-state index in [1.54, 1.807) is 6.07 Å². The summed E-state index contributed by atoms with van der Waals surface area (Å²) in [4.78, 5) is 11.4. The number of aromatic hydroxyl groups is 1. The highest BCUT2D eigenvalue weighted by molar-refractivity contribution is 14.1. The van der Waals surface area contributed by atoms with E-state index in [1.165, 1.54) is 6.92 Å². The Labute approximate surface area is 114 Å². The molecule has 1 aromatic rings. The summed E-state index contributed by atoms with van der Waals surface area (Å²) in [7, 11) is 0. The molecular weight excluding hydrogens is 331 g/mol. The van der Waals surface area contributed by atoms with E-state index >= 15 is 0 Å². The molecule has 3 nitrogen and oxygen atoms in total. The van der Waals surface area contributed by atoms with Gasteiger partial charge in [0.05, 0.1) is 9.13 Å². The summed E-state index contributed by atoms with van der Waals surface area (Å²) in [6.07, 6.45) is 1.79. The van der Waals surface area contributed by atoms with Crippen molar-refractivity contribution in [2.24, 2.45) is 0 Å². The molecule has 92 valence electrons. The van der Waals surface area contributed by atoms with Gasteiger partial charge >= 0.3 is 0 Å². The van der Waals surface area contributed by atoms with Crippen molar-refractivity contribution in [3.8, 4) is 11.5 Å². The molecule has 0 saturated heterocycles. The number of ether oxygens (including phenoxy) is 1.